The molecule has 8 heteroatoms. The lowest BCUT2D eigenvalue weighted by Crippen LogP contribution is -2.35. The summed E-state index contributed by atoms with van der Waals surface area (Å²) in [7, 11) is 0. The second-order valence-electron chi connectivity index (χ2n) is 4.48. The summed E-state index contributed by atoms with van der Waals surface area (Å²) in [5.74, 6) is -0.0485. The summed E-state index contributed by atoms with van der Waals surface area (Å²) in [6.07, 6.45) is -3.38. The summed E-state index contributed by atoms with van der Waals surface area (Å²) in [6.45, 7) is 0. The van der Waals surface area contributed by atoms with Gasteiger partial charge in [0.15, 0.2) is 0 Å². The maximum atomic E-state index is 13.1. The van der Waals surface area contributed by atoms with Crippen LogP contribution in [0.25, 0.3) is 16.7 Å². The third-order valence-electron chi connectivity index (χ3n) is 3.11. The number of pyridine rings is 1. The van der Waals surface area contributed by atoms with Crippen LogP contribution in [0.2, 0.25) is 0 Å². The molecule has 2 heterocycles. The van der Waals surface area contributed by atoms with Gasteiger partial charge in [0.05, 0.1) is 16.5 Å². The zero-order valence-electron chi connectivity index (χ0n) is 10.9. The number of H-pyrrole nitrogens is 1. The van der Waals surface area contributed by atoms with E-state index in [4.69, 9.17) is 0 Å². The number of aromatic nitrogens is 3. The number of nitrogens with zero attached hydrogens (tertiary/aromatic N) is 2. The van der Waals surface area contributed by atoms with Crippen molar-refractivity contribution in [2.45, 2.75) is 6.18 Å². The molecule has 0 aliphatic rings. The van der Waals surface area contributed by atoms with E-state index < -0.39 is 28.4 Å². The molecule has 5 nitrogen and oxygen atoms in total. The van der Waals surface area contributed by atoms with Crippen molar-refractivity contribution in [3.05, 3.63) is 69.0 Å². The molecule has 0 spiro atoms. The van der Waals surface area contributed by atoms with Crippen molar-refractivity contribution in [2.24, 2.45) is 0 Å². The van der Waals surface area contributed by atoms with Gasteiger partial charge in [0, 0.05) is 6.20 Å². The van der Waals surface area contributed by atoms with Crippen molar-refractivity contribution in [2.75, 3.05) is 0 Å². The number of fused-ring (bicyclic) bond motifs is 1. The molecule has 0 saturated carbocycles. The Labute approximate surface area is 120 Å². The number of hydrogen-bond donors (Lipinski definition) is 1. The smallest absolute Gasteiger partial charge is 0.306 e. The van der Waals surface area contributed by atoms with Crippen LogP contribution >= 0.6 is 0 Å². The predicted molar refractivity (Wildman–Crippen MR) is 73.0 cm³/mol. The zero-order valence-corrected chi connectivity index (χ0v) is 10.9. The van der Waals surface area contributed by atoms with Crippen LogP contribution in [0, 0.1) is 0 Å². The van der Waals surface area contributed by atoms with Crippen molar-refractivity contribution < 1.29 is 13.2 Å². The summed E-state index contributed by atoms with van der Waals surface area (Å²) >= 11 is 0. The van der Waals surface area contributed by atoms with E-state index in [0.29, 0.717) is 4.57 Å². The monoisotopic (exact) mass is 307 g/mol. The number of hydrogen-bond acceptors (Lipinski definition) is 3. The van der Waals surface area contributed by atoms with Crippen LogP contribution < -0.4 is 11.2 Å². The minimum Gasteiger partial charge on any atom is -0.306 e. The van der Waals surface area contributed by atoms with E-state index in [-0.39, 0.29) is 11.3 Å². The first-order chi connectivity index (χ1) is 10.4. The molecule has 0 aliphatic carbocycles. The van der Waals surface area contributed by atoms with Gasteiger partial charge in [-0.3, -0.25) is 4.79 Å². The minimum atomic E-state index is -4.71. The molecule has 0 unspecified atom stereocenters. The largest absolute Gasteiger partial charge is 0.417 e. The van der Waals surface area contributed by atoms with Crippen LogP contribution in [0.5, 0.6) is 0 Å². The van der Waals surface area contributed by atoms with E-state index in [2.05, 4.69) is 9.97 Å². The quantitative estimate of drug-likeness (QED) is 0.748. The topological polar surface area (TPSA) is 67.8 Å². The van der Waals surface area contributed by atoms with E-state index >= 15 is 0 Å². The van der Waals surface area contributed by atoms with Crippen LogP contribution in [0.4, 0.5) is 13.2 Å². The fourth-order valence-electron chi connectivity index (χ4n) is 2.19. The molecule has 112 valence electrons. The molecule has 0 aliphatic heterocycles. The second-order valence-corrected chi connectivity index (χ2v) is 4.48. The summed E-state index contributed by atoms with van der Waals surface area (Å²) in [5.41, 5.74) is -3.19. The normalized spacial score (nSPS) is 11.8. The van der Waals surface area contributed by atoms with Crippen LogP contribution in [-0.4, -0.2) is 14.5 Å². The van der Waals surface area contributed by atoms with E-state index in [0.717, 1.165) is 12.1 Å². The summed E-state index contributed by atoms with van der Waals surface area (Å²) in [6, 6.07) is 7.62. The van der Waals surface area contributed by atoms with Gasteiger partial charge in [-0.15, -0.1) is 0 Å². The Morgan fingerprint density at radius 3 is 2.45 bits per heavy atom. The molecule has 0 bridgehead atoms. The fourth-order valence-corrected chi connectivity index (χ4v) is 2.19. The number of aromatic amines is 1. The average molecular weight is 307 g/mol. The Kier molecular flexibility index (Phi) is 3.09. The molecule has 22 heavy (non-hydrogen) atoms. The molecule has 0 radical (unpaired) electrons. The summed E-state index contributed by atoms with van der Waals surface area (Å²) in [4.78, 5) is 30.5. The Bertz CT molecular complexity index is 959. The van der Waals surface area contributed by atoms with E-state index in [9.17, 15) is 22.8 Å². The highest BCUT2D eigenvalue weighted by atomic mass is 19.4. The van der Waals surface area contributed by atoms with Crippen molar-refractivity contribution in [3.8, 4) is 5.82 Å². The van der Waals surface area contributed by atoms with E-state index in [1.54, 1.807) is 6.07 Å². The van der Waals surface area contributed by atoms with Crippen molar-refractivity contribution in [1.82, 2.24) is 14.5 Å². The lowest BCUT2D eigenvalue weighted by Gasteiger charge is -2.11. The second kappa shape index (κ2) is 4.83. The highest BCUT2D eigenvalue weighted by molar-refractivity contribution is 5.81. The molecular weight excluding hydrogens is 299 g/mol. The molecule has 0 atom stereocenters. The van der Waals surface area contributed by atoms with Gasteiger partial charge in [0.2, 0.25) is 0 Å². The average Bonchev–Trinajstić information content (AvgIpc) is 2.46. The van der Waals surface area contributed by atoms with Crippen LogP contribution in [0.15, 0.2) is 52.2 Å². The third kappa shape index (κ3) is 2.18. The molecule has 0 fully saturated rings. The molecule has 3 aromatic rings. The van der Waals surface area contributed by atoms with Crippen LogP contribution in [0.1, 0.15) is 5.56 Å². The summed E-state index contributed by atoms with van der Waals surface area (Å²) < 4.78 is 39.8. The van der Waals surface area contributed by atoms with Crippen molar-refractivity contribution in [3.63, 3.8) is 0 Å². The number of benzene rings is 1. The predicted octanol–water partition coefficient (Wildman–Crippen LogP) is 2.09. The standard InChI is InChI=1S/C14H8F3N3O2/c15-14(16,17)8-4-3-5-9-11(8)12(21)20(13(22)19-9)10-6-1-2-7-18-10/h1-7H,(H,19,22). The third-order valence-corrected chi connectivity index (χ3v) is 3.11. The number of rotatable bonds is 1. The van der Waals surface area contributed by atoms with Gasteiger partial charge < -0.3 is 4.98 Å². The number of nitrogens with one attached hydrogen (secondary N) is 1. The molecule has 0 saturated heterocycles. The van der Waals surface area contributed by atoms with Gasteiger partial charge in [-0.25, -0.2) is 14.3 Å². The van der Waals surface area contributed by atoms with Gasteiger partial charge in [-0.2, -0.15) is 13.2 Å². The van der Waals surface area contributed by atoms with Crippen LogP contribution in [0.3, 0.4) is 0 Å². The highest BCUT2D eigenvalue weighted by Gasteiger charge is 2.34. The summed E-state index contributed by atoms with van der Waals surface area (Å²) in [5, 5.41) is -0.597. The van der Waals surface area contributed by atoms with Gasteiger partial charge in [-0.05, 0) is 24.3 Å². The molecular formula is C14H8F3N3O2. The minimum absolute atomic E-state index is 0.0485. The first-order valence-electron chi connectivity index (χ1n) is 6.16. The molecule has 1 N–H and O–H groups in total. The van der Waals surface area contributed by atoms with Crippen LogP contribution in [-0.2, 0) is 6.18 Å². The molecule has 0 amide bonds. The number of halogens is 3. The highest BCUT2D eigenvalue weighted by Crippen LogP contribution is 2.32. The Morgan fingerprint density at radius 2 is 1.82 bits per heavy atom. The first-order valence-corrected chi connectivity index (χ1v) is 6.16. The maximum Gasteiger partial charge on any atom is 0.417 e. The Hall–Kier alpha value is -2.90. The van der Waals surface area contributed by atoms with Gasteiger partial charge in [-0.1, -0.05) is 12.1 Å². The molecule has 3 rings (SSSR count). The lowest BCUT2D eigenvalue weighted by molar-refractivity contribution is -0.136. The maximum absolute atomic E-state index is 13.1. The van der Waals surface area contributed by atoms with Crippen molar-refractivity contribution >= 4 is 10.9 Å². The van der Waals surface area contributed by atoms with Gasteiger partial charge in [0.25, 0.3) is 5.56 Å². The Balaban J connectivity index is 2.48. The van der Waals surface area contributed by atoms with Gasteiger partial charge >= 0.3 is 11.9 Å². The molecule has 1 aromatic carbocycles. The number of alkyl halides is 3. The SMILES string of the molecule is O=c1[nH]c2cccc(C(F)(F)F)c2c(=O)n1-c1ccccn1. The van der Waals surface area contributed by atoms with Crippen molar-refractivity contribution in [1.29, 1.82) is 0 Å². The molecule has 2 aromatic heterocycles. The van der Waals surface area contributed by atoms with E-state index in [1.807, 2.05) is 0 Å². The fraction of sp³-hybridized carbons (Fsp3) is 0.0714. The Morgan fingerprint density at radius 1 is 1.05 bits per heavy atom. The lowest BCUT2D eigenvalue weighted by atomic mass is 10.1. The van der Waals surface area contributed by atoms with E-state index in [1.165, 1.54) is 24.4 Å². The first kappa shape index (κ1) is 14.1. The zero-order chi connectivity index (χ0) is 15.9. The van der Waals surface area contributed by atoms with Gasteiger partial charge in [0.1, 0.15) is 5.82 Å².